The van der Waals surface area contributed by atoms with E-state index in [1.54, 1.807) is 149 Å². The monoisotopic (exact) mass is 1390 g/mol. The van der Waals surface area contributed by atoms with E-state index < -0.39 is 43.0 Å². The van der Waals surface area contributed by atoms with Crippen molar-refractivity contribution in [1.29, 1.82) is 0 Å². The number of rotatable bonds is 17. The largest absolute Gasteiger partial charge is 0.496 e. The zero-order valence-corrected chi connectivity index (χ0v) is 58.4. The molecular formula is C79H73ClF4N6O7P2. The van der Waals surface area contributed by atoms with E-state index in [4.69, 9.17) is 39.7 Å². The molecule has 12 rings (SSSR count). The van der Waals surface area contributed by atoms with E-state index in [1.165, 1.54) is 70.3 Å². The van der Waals surface area contributed by atoms with Crippen LogP contribution in [-0.2, 0) is 4.57 Å². The van der Waals surface area contributed by atoms with Crippen LogP contribution in [0.4, 0.5) is 17.6 Å². The Morgan fingerprint density at radius 3 is 1.00 bits per heavy atom. The second kappa shape index (κ2) is 32.4. The number of hydrogen-bond acceptors (Lipinski definition) is 13. The van der Waals surface area contributed by atoms with Crippen LogP contribution in [0.1, 0.15) is 63.1 Å². The van der Waals surface area contributed by atoms with E-state index in [0.717, 1.165) is 18.2 Å². The molecule has 99 heavy (non-hydrogen) atoms. The van der Waals surface area contributed by atoms with Crippen molar-refractivity contribution in [3.05, 3.63) is 279 Å². The summed E-state index contributed by atoms with van der Waals surface area (Å²) in [7, 11) is -2.01. The van der Waals surface area contributed by atoms with Crippen molar-refractivity contribution in [2.24, 2.45) is 0 Å². The molecule has 12 aromatic rings. The highest BCUT2D eigenvalue weighted by atomic mass is 35.7. The molecule has 0 aliphatic carbocycles. The maximum absolute atomic E-state index is 17.3. The Hall–Kier alpha value is -10.3. The van der Waals surface area contributed by atoms with E-state index in [-0.39, 0.29) is 64.9 Å². The Morgan fingerprint density at radius 2 is 0.687 bits per heavy atom. The molecule has 20 heteroatoms. The Bertz CT molecular complexity index is 4580. The minimum atomic E-state index is -4.30. The summed E-state index contributed by atoms with van der Waals surface area (Å²) in [5.41, 5.74) is 10.4. The number of nitrogens with zero attached hydrogens (tertiary/aromatic N) is 6. The minimum absolute atomic E-state index is 0. The van der Waals surface area contributed by atoms with Gasteiger partial charge in [0.1, 0.15) is 57.8 Å². The van der Waals surface area contributed by atoms with Crippen LogP contribution in [-0.4, -0.2) is 44.1 Å². The van der Waals surface area contributed by atoms with Gasteiger partial charge in [0.2, 0.25) is 0 Å². The summed E-state index contributed by atoms with van der Waals surface area (Å²) >= 11 is 6.79. The lowest BCUT2D eigenvalue weighted by molar-refractivity contribution is 0.397. The fourth-order valence-corrected chi connectivity index (χ4v) is 16.0. The molecular weight excluding hydrogens is 1320 g/mol. The minimum Gasteiger partial charge on any atom is -0.496 e. The number of hydrogen-bond donors (Lipinski definition) is 0. The van der Waals surface area contributed by atoms with Gasteiger partial charge in [0, 0.05) is 16.7 Å². The van der Waals surface area contributed by atoms with Crippen LogP contribution in [0.2, 0.25) is 0 Å². The van der Waals surface area contributed by atoms with Gasteiger partial charge in [-0.15, -0.1) is 9.97 Å². The molecule has 0 spiro atoms. The van der Waals surface area contributed by atoms with Gasteiger partial charge in [-0.3, -0.25) is 0 Å². The van der Waals surface area contributed by atoms with Crippen molar-refractivity contribution in [1.82, 2.24) is 29.9 Å². The second-order valence-electron chi connectivity index (χ2n) is 23.0. The van der Waals surface area contributed by atoms with E-state index in [1.807, 2.05) is 24.3 Å². The molecule has 13 nitrogen and oxygen atoms in total. The summed E-state index contributed by atoms with van der Waals surface area (Å²) in [4.78, 5) is 25.5. The standard InChI is InChI=1S/C39H34F2N3O5P.C21H13F2N3O2.C18H22ClP.CH4/c1-23-19-29(20-24(2)34(23)46-5)50(45,30-21-25(3)35(47-6)26(4)22-30)36-32(40)18-17-31(33(36)41)37-42-38(48-27-13-9-7-10-14-27)44-39(43-37)49-28-15-11-8-12-16-28;22-14-11-12-17(18(23)13-14)19-24-20(27-15-7-3-1-4-8-15)26-21(25-19)28-16-9-5-2-6-10-16;1-11-7-17(8-12(2)15(11)5)20(19)18-9-13(3)16(6)14(4)10-18;/h7-22H,1-6H3;1-13H;7-10H,1-6H3;1H4. The normalized spacial score (nSPS) is 10.9. The lowest BCUT2D eigenvalue weighted by Gasteiger charge is -2.25. The molecule has 0 radical (unpaired) electrons. The van der Waals surface area contributed by atoms with Crippen LogP contribution in [0.5, 0.6) is 58.5 Å². The first-order valence-electron chi connectivity index (χ1n) is 30.9. The molecule has 0 atom stereocenters. The highest BCUT2D eigenvalue weighted by Crippen LogP contribution is 2.48. The summed E-state index contributed by atoms with van der Waals surface area (Å²) in [5, 5.41) is 2.34. The van der Waals surface area contributed by atoms with Crippen LogP contribution in [0, 0.1) is 92.5 Å². The van der Waals surface area contributed by atoms with Gasteiger partial charge in [-0.1, -0.05) is 91.5 Å². The van der Waals surface area contributed by atoms with Gasteiger partial charge in [-0.25, -0.2) is 17.6 Å². The number of aryl methyl sites for hydroxylation is 8. The predicted octanol–water partition coefficient (Wildman–Crippen LogP) is 19.5. The quantitative estimate of drug-likeness (QED) is 0.0629. The van der Waals surface area contributed by atoms with Crippen LogP contribution in [0.25, 0.3) is 22.8 Å². The van der Waals surface area contributed by atoms with E-state index in [0.29, 0.717) is 56.8 Å². The van der Waals surface area contributed by atoms with Gasteiger partial charge < -0.3 is 33.0 Å². The van der Waals surface area contributed by atoms with Gasteiger partial charge in [0.25, 0.3) is 0 Å². The van der Waals surface area contributed by atoms with Crippen molar-refractivity contribution >= 4 is 52.2 Å². The number of benzene rings is 10. The van der Waals surface area contributed by atoms with E-state index in [9.17, 15) is 8.78 Å². The van der Waals surface area contributed by atoms with Crippen molar-refractivity contribution in [2.75, 3.05) is 14.2 Å². The fourth-order valence-electron chi connectivity index (χ4n) is 10.8. The number of ether oxygens (including phenoxy) is 6. The molecule has 2 aromatic heterocycles. The summed E-state index contributed by atoms with van der Waals surface area (Å²) in [6, 6.07) is 55.6. The zero-order valence-electron chi connectivity index (χ0n) is 55.9. The molecule has 0 amide bonds. The molecule has 0 unspecified atom stereocenters. The first kappa shape index (κ1) is 72.9. The molecule has 2 heterocycles. The Morgan fingerprint density at radius 1 is 0.374 bits per heavy atom. The Kier molecular flexibility index (Phi) is 23.8. The van der Waals surface area contributed by atoms with Gasteiger partial charge in [-0.2, -0.15) is 19.9 Å². The third-order valence-electron chi connectivity index (χ3n) is 16.1. The van der Waals surface area contributed by atoms with E-state index >= 15 is 13.3 Å². The van der Waals surface area contributed by atoms with Gasteiger partial charge in [0.15, 0.2) is 18.8 Å². The van der Waals surface area contributed by atoms with Gasteiger partial charge >= 0.3 is 24.0 Å². The van der Waals surface area contributed by atoms with E-state index in [2.05, 4.69) is 95.7 Å². The van der Waals surface area contributed by atoms with Crippen LogP contribution in [0.15, 0.2) is 200 Å². The number of aromatic nitrogens is 6. The van der Waals surface area contributed by atoms with Crippen LogP contribution < -0.4 is 54.9 Å². The molecule has 506 valence electrons. The molecule has 0 saturated heterocycles. The third kappa shape index (κ3) is 17.2. The second-order valence-corrected chi connectivity index (χ2v) is 28.3. The first-order chi connectivity index (χ1) is 47.0. The maximum atomic E-state index is 17.3. The molecule has 0 bridgehead atoms. The Labute approximate surface area is 580 Å². The Balaban J connectivity index is 0.000000195. The summed E-state index contributed by atoms with van der Waals surface area (Å²) in [6.45, 7) is 20.2. The van der Waals surface area contributed by atoms with Crippen LogP contribution in [0.3, 0.4) is 0 Å². The SMILES string of the molecule is C.COc1c(C)cc(P(=O)(c2cc(C)c(OC)c(C)c2)c2c(F)ccc(-c3nc(Oc4ccccc4)nc(Oc4ccccc4)n3)c2F)cc1C.Cc1cc(P(Cl)c2cc(C)c(C)c(C)c2)cc(C)c1C.Fc1ccc(-c2nc(Oc3ccccc3)nc(Oc3ccccc3)n2)c(F)c1. The average Bonchev–Trinajstić information content (AvgIpc) is 0.730. The van der Waals surface area contributed by atoms with Gasteiger partial charge in [-0.05, 0) is 257 Å². The predicted molar refractivity (Wildman–Crippen MR) is 388 cm³/mol. The molecule has 0 aliphatic rings. The lowest BCUT2D eigenvalue weighted by Crippen LogP contribution is -2.31. The highest BCUT2D eigenvalue weighted by molar-refractivity contribution is 7.95. The number of halogens is 5. The summed E-state index contributed by atoms with van der Waals surface area (Å²) < 4.78 is 111. The number of para-hydroxylation sites is 4. The van der Waals surface area contributed by atoms with Crippen molar-refractivity contribution in [3.8, 4) is 81.3 Å². The zero-order chi connectivity index (χ0) is 69.9. The lowest BCUT2D eigenvalue weighted by atomic mass is 10.1. The number of methoxy groups -OCH3 is 2. The van der Waals surface area contributed by atoms with Gasteiger partial charge in [0.05, 0.1) is 37.9 Å². The van der Waals surface area contributed by atoms with Crippen molar-refractivity contribution in [2.45, 2.75) is 76.7 Å². The molecule has 0 N–H and O–H groups in total. The summed E-state index contributed by atoms with van der Waals surface area (Å²) in [6.07, 6.45) is 0. The molecule has 0 fully saturated rings. The smallest absolute Gasteiger partial charge is 0.328 e. The van der Waals surface area contributed by atoms with Crippen molar-refractivity contribution in [3.63, 3.8) is 0 Å². The highest BCUT2D eigenvalue weighted by Gasteiger charge is 2.39. The molecule has 0 saturated carbocycles. The fraction of sp³-hybridized carbons (Fsp3) is 0.165. The topological polar surface area (TPSA) is 150 Å². The first-order valence-corrected chi connectivity index (χ1v) is 34.9. The van der Waals surface area contributed by atoms with Crippen molar-refractivity contribution < 1.29 is 50.5 Å². The average molecular weight is 1390 g/mol. The maximum Gasteiger partial charge on any atom is 0.328 e. The molecule has 0 aliphatic heterocycles. The summed E-state index contributed by atoms with van der Waals surface area (Å²) in [5.74, 6) is -0.884. The third-order valence-corrected chi connectivity index (χ3v) is 21.7. The van der Waals surface area contributed by atoms with Crippen LogP contribution >= 0.6 is 25.7 Å². The molecule has 10 aromatic carbocycles.